The summed E-state index contributed by atoms with van der Waals surface area (Å²) in [6.45, 7) is 2.78. The lowest BCUT2D eigenvalue weighted by atomic mass is 9.91. The van der Waals surface area contributed by atoms with Crippen LogP contribution in [0.5, 0.6) is 0 Å². The number of fused-ring (bicyclic) bond motifs is 1. The van der Waals surface area contributed by atoms with Gasteiger partial charge in [0.2, 0.25) is 5.91 Å². The van der Waals surface area contributed by atoms with E-state index in [-0.39, 0.29) is 42.0 Å². The monoisotopic (exact) mass is 319 g/mol. The van der Waals surface area contributed by atoms with Crippen LogP contribution in [0, 0.1) is 10.1 Å². The van der Waals surface area contributed by atoms with E-state index in [1.807, 2.05) is 0 Å². The van der Waals surface area contributed by atoms with Gasteiger partial charge < -0.3 is 15.4 Å². The van der Waals surface area contributed by atoms with Crippen molar-refractivity contribution in [2.45, 2.75) is 38.8 Å². The maximum absolute atomic E-state index is 12.6. The van der Waals surface area contributed by atoms with Crippen molar-refractivity contribution in [3.63, 3.8) is 0 Å². The number of rotatable bonds is 6. The third-order valence-electron chi connectivity index (χ3n) is 4.23. The number of carbonyl (C=O) groups is 3. The number of Topliss-reactive ketones (excluding diaryl/α,β-unsaturated/α-hetero) is 1. The molecule has 0 aromatic heterocycles. The van der Waals surface area contributed by atoms with Crippen molar-refractivity contribution in [3.8, 4) is 0 Å². The third-order valence-corrected chi connectivity index (χ3v) is 4.23. The van der Waals surface area contributed by atoms with Crippen LogP contribution in [0.3, 0.4) is 0 Å². The zero-order valence-corrected chi connectivity index (χ0v) is 12.9. The number of carbonyl (C=O) groups excluding carboxylic acids is 3. The highest BCUT2D eigenvalue weighted by Gasteiger charge is 2.46. The molecule has 8 nitrogen and oxygen atoms in total. The maximum Gasteiger partial charge on any atom is 0.275 e. The van der Waals surface area contributed by atoms with Crippen molar-refractivity contribution in [1.82, 2.24) is 4.90 Å². The van der Waals surface area contributed by atoms with Gasteiger partial charge in [-0.15, -0.1) is 0 Å². The molecule has 1 aliphatic rings. The summed E-state index contributed by atoms with van der Waals surface area (Å²) in [7, 11) is 0. The molecule has 2 N–H and O–H groups in total. The van der Waals surface area contributed by atoms with Crippen molar-refractivity contribution in [3.05, 3.63) is 39.4 Å². The van der Waals surface area contributed by atoms with Crippen LogP contribution < -0.4 is 5.73 Å². The van der Waals surface area contributed by atoms with E-state index in [0.717, 1.165) is 0 Å². The minimum absolute atomic E-state index is 0.0746. The Morgan fingerprint density at radius 2 is 2.09 bits per heavy atom. The highest BCUT2D eigenvalue weighted by molar-refractivity contribution is 6.03. The molecule has 0 saturated heterocycles. The molecule has 0 aliphatic carbocycles. The molecule has 23 heavy (non-hydrogen) atoms. The van der Waals surface area contributed by atoms with E-state index < -0.39 is 22.3 Å². The fourth-order valence-electron chi connectivity index (χ4n) is 2.70. The van der Waals surface area contributed by atoms with E-state index in [0.29, 0.717) is 0 Å². The fourth-order valence-corrected chi connectivity index (χ4v) is 2.70. The van der Waals surface area contributed by atoms with E-state index in [1.165, 1.54) is 36.9 Å². The Balaban J connectivity index is 2.43. The highest BCUT2D eigenvalue weighted by Crippen LogP contribution is 2.36. The lowest BCUT2D eigenvalue weighted by Crippen LogP contribution is -2.55. The highest BCUT2D eigenvalue weighted by atomic mass is 16.6. The SMILES string of the molecule is CC(=O)CCC(C)(C(N)=O)N1Cc2c(cccc2[N+](=O)[O-])C1=O. The maximum atomic E-state index is 12.6. The minimum atomic E-state index is -1.38. The first-order valence-electron chi connectivity index (χ1n) is 7.06. The van der Waals surface area contributed by atoms with E-state index in [2.05, 4.69) is 0 Å². The molecule has 1 unspecified atom stereocenters. The zero-order valence-electron chi connectivity index (χ0n) is 12.9. The molecule has 0 fully saturated rings. The van der Waals surface area contributed by atoms with Gasteiger partial charge in [0.15, 0.2) is 0 Å². The van der Waals surface area contributed by atoms with Gasteiger partial charge >= 0.3 is 0 Å². The minimum Gasteiger partial charge on any atom is -0.368 e. The van der Waals surface area contributed by atoms with Crippen LogP contribution in [0.2, 0.25) is 0 Å². The topological polar surface area (TPSA) is 124 Å². The number of amides is 2. The van der Waals surface area contributed by atoms with E-state index in [4.69, 9.17) is 5.73 Å². The van der Waals surface area contributed by atoms with Crippen LogP contribution in [0.1, 0.15) is 42.6 Å². The summed E-state index contributed by atoms with van der Waals surface area (Å²) >= 11 is 0. The number of benzene rings is 1. The average Bonchev–Trinajstić information content (AvgIpc) is 2.82. The van der Waals surface area contributed by atoms with Crippen LogP contribution in [0.25, 0.3) is 0 Å². The van der Waals surface area contributed by atoms with Gasteiger partial charge in [-0.1, -0.05) is 6.07 Å². The Kier molecular flexibility index (Phi) is 4.18. The van der Waals surface area contributed by atoms with Crippen LogP contribution in [0.4, 0.5) is 5.69 Å². The summed E-state index contributed by atoms with van der Waals surface area (Å²) < 4.78 is 0. The first kappa shape index (κ1) is 16.6. The number of hydrogen-bond donors (Lipinski definition) is 1. The number of nitro benzene ring substituents is 1. The third kappa shape index (κ3) is 2.79. The van der Waals surface area contributed by atoms with Crippen molar-refractivity contribution < 1.29 is 19.3 Å². The zero-order chi connectivity index (χ0) is 17.4. The number of ketones is 1. The molecular formula is C15H17N3O5. The van der Waals surface area contributed by atoms with Gasteiger partial charge in [0.1, 0.15) is 11.3 Å². The van der Waals surface area contributed by atoms with Crippen molar-refractivity contribution in [2.24, 2.45) is 5.73 Å². The van der Waals surface area contributed by atoms with Gasteiger partial charge in [-0.3, -0.25) is 19.7 Å². The second kappa shape index (κ2) is 5.79. The van der Waals surface area contributed by atoms with Crippen molar-refractivity contribution in [1.29, 1.82) is 0 Å². The summed E-state index contributed by atoms with van der Waals surface area (Å²) in [5.41, 5.74) is 4.36. The van der Waals surface area contributed by atoms with Crippen LogP contribution in [0.15, 0.2) is 18.2 Å². The summed E-state index contributed by atoms with van der Waals surface area (Å²) in [5, 5.41) is 11.1. The first-order chi connectivity index (χ1) is 10.7. The van der Waals surface area contributed by atoms with Crippen LogP contribution in [-0.4, -0.2) is 33.0 Å². The number of nitro groups is 1. The molecule has 1 atom stereocenters. The molecule has 2 rings (SSSR count). The van der Waals surface area contributed by atoms with Gasteiger partial charge in [0.25, 0.3) is 11.6 Å². The molecule has 0 saturated carbocycles. The van der Waals surface area contributed by atoms with Gasteiger partial charge in [0, 0.05) is 12.5 Å². The smallest absolute Gasteiger partial charge is 0.275 e. The van der Waals surface area contributed by atoms with E-state index >= 15 is 0 Å². The van der Waals surface area contributed by atoms with Gasteiger partial charge in [-0.25, -0.2) is 0 Å². The Bertz CT molecular complexity index is 715. The summed E-state index contributed by atoms with van der Waals surface area (Å²) in [4.78, 5) is 47.5. The Hall–Kier alpha value is -2.77. The summed E-state index contributed by atoms with van der Waals surface area (Å²) in [5.74, 6) is -1.37. The summed E-state index contributed by atoms with van der Waals surface area (Å²) in [6, 6.07) is 4.22. The number of nitrogens with two attached hydrogens (primary N) is 1. The van der Waals surface area contributed by atoms with Crippen molar-refractivity contribution in [2.75, 3.05) is 0 Å². The molecule has 1 aromatic carbocycles. The van der Waals surface area contributed by atoms with Crippen LogP contribution in [-0.2, 0) is 16.1 Å². The number of hydrogen-bond acceptors (Lipinski definition) is 5. The fraction of sp³-hybridized carbons (Fsp3) is 0.400. The average molecular weight is 319 g/mol. The van der Waals surface area contributed by atoms with Gasteiger partial charge in [-0.2, -0.15) is 0 Å². The predicted octanol–water partition coefficient (Wildman–Crippen LogP) is 1.16. The Morgan fingerprint density at radius 3 is 2.61 bits per heavy atom. The molecule has 0 radical (unpaired) electrons. The number of primary amides is 1. The lowest BCUT2D eigenvalue weighted by molar-refractivity contribution is -0.385. The second-order valence-electron chi connectivity index (χ2n) is 5.79. The molecule has 0 bridgehead atoms. The molecular weight excluding hydrogens is 302 g/mol. The Morgan fingerprint density at radius 1 is 1.43 bits per heavy atom. The van der Waals surface area contributed by atoms with E-state index in [1.54, 1.807) is 0 Å². The first-order valence-corrected chi connectivity index (χ1v) is 7.06. The normalized spacial score (nSPS) is 15.9. The Labute approximate surface area is 132 Å². The molecule has 8 heteroatoms. The number of nitrogens with zero attached hydrogens (tertiary/aromatic N) is 2. The molecule has 1 aromatic rings. The van der Waals surface area contributed by atoms with Gasteiger partial charge in [0.05, 0.1) is 22.6 Å². The van der Waals surface area contributed by atoms with Crippen molar-refractivity contribution >= 4 is 23.3 Å². The molecule has 1 heterocycles. The molecule has 2 amide bonds. The second-order valence-corrected chi connectivity index (χ2v) is 5.79. The summed E-state index contributed by atoms with van der Waals surface area (Å²) in [6.07, 6.45) is 0.160. The van der Waals surface area contributed by atoms with Gasteiger partial charge in [-0.05, 0) is 26.3 Å². The van der Waals surface area contributed by atoms with Crippen LogP contribution >= 0.6 is 0 Å². The predicted molar refractivity (Wildman–Crippen MR) is 80.5 cm³/mol. The standard InChI is InChI=1S/C15H17N3O5/c1-9(19)6-7-15(2,14(16)21)17-8-11-10(13(17)20)4-3-5-12(11)18(22)23/h3-5H,6-8H2,1-2H3,(H2,16,21). The lowest BCUT2D eigenvalue weighted by Gasteiger charge is -2.35. The molecule has 0 spiro atoms. The largest absolute Gasteiger partial charge is 0.368 e. The quantitative estimate of drug-likeness (QED) is 0.622. The molecule has 122 valence electrons. The van der Waals surface area contributed by atoms with E-state index in [9.17, 15) is 24.5 Å². The molecule has 1 aliphatic heterocycles.